The van der Waals surface area contributed by atoms with E-state index < -0.39 is 18.1 Å². The second-order valence-electron chi connectivity index (χ2n) is 12.6. The maximum absolute atomic E-state index is 12.4. The lowest BCUT2D eigenvalue weighted by molar-refractivity contribution is -0.147. The molecule has 1 aromatic heterocycles. The zero-order chi connectivity index (χ0) is 28.4. The topological polar surface area (TPSA) is 108 Å². The first-order chi connectivity index (χ1) is 19.1. The van der Waals surface area contributed by atoms with Crippen molar-refractivity contribution in [3.63, 3.8) is 0 Å². The molecule has 214 valence electrons. The number of para-hydroxylation sites is 2. The highest BCUT2D eigenvalue weighted by molar-refractivity contribution is 5.96. The van der Waals surface area contributed by atoms with Crippen molar-refractivity contribution < 1.29 is 19.8 Å². The highest BCUT2D eigenvalue weighted by Gasteiger charge is 2.35. The number of rotatable bonds is 8. The summed E-state index contributed by atoms with van der Waals surface area (Å²) >= 11 is 0. The number of nitrogens with one attached hydrogen (secondary N) is 1. The van der Waals surface area contributed by atoms with Crippen LogP contribution in [-0.4, -0.2) is 43.9 Å². The summed E-state index contributed by atoms with van der Waals surface area (Å²) in [6.07, 6.45) is 7.51. The highest BCUT2D eigenvalue weighted by Crippen LogP contribution is 2.42. The number of carbonyl (C=O) groups is 2. The number of hydrogen-bond acceptors (Lipinski definition) is 5. The summed E-state index contributed by atoms with van der Waals surface area (Å²) in [6, 6.07) is 16.5. The van der Waals surface area contributed by atoms with Gasteiger partial charge in [0.2, 0.25) is 12.2 Å². The van der Waals surface area contributed by atoms with Gasteiger partial charge in [-0.15, -0.1) is 0 Å². The molecule has 2 saturated carbocycles. The van der Waals surface area contributed by atoms with E-state index in [1.54, 1.807) is 12.1 Å². The van der Waals surface area contributed by atoms with E-state index in [0.717, 1.165) is 29.9 Å². The van der Waals surface area contributed by atoms with E-state index in [-0.39, 0.29) is 0 Å². The molecule has 1 unspecified atom stereocenters. The molecule has 2 fully saturated rings. The quantitative estimate of drug-likeness (QED) is 0.304. The zero-order valence-electron chi connectivity index (χ0n) is 23.8. The molecule has 40 heavy (non-hydrogen) atoms. The number of hydrogen-bond donors (Lipinski definition) is 3. The van der Waals surface area contributed by atoms with Gasteiger partial charge in [0.15, 0.2) is 0 Å². The molecule has 2 aliphatic carbocycles. The molecule has 0 aliphatic heterocycles. The third-order valence-electron chi connectivity index (χ3n) is 8.96. The Bertz CT molecular complexity index is 1330. The van der Waals surface area contributed by atoms with Crippen molar-refractivity contribution in [2.75, 3.05) is 4.90 Å². The molecule has 1 atom stereocenters. The average Bonchev–Trinajstić information content (AvgIpc) is 3.59. The van der Waals surface area contributed by atoms with Crippen LogP contribution in [0.4, 0.5) is 5.95 Å². The smallest absolute Gasteiger partial charge is 0.353 e. The van der Waals surface area contributed by atoms with Crippen molar-refractivity contribution >= 4 is 28.9 Å². The molecule has 0 radical (unpaired) electrons. The lowest BCUT2D eigenvalue weighted by Gasteiger charge is -2.42. The largest absolute Gasteiger partial charge is 0.478 e. The minimum atomic E-state index is -1.94. The van der Waals surface area contributed by atoms with Gasteiger partial charge in [-0.1, -0.05) is 57.9 Å². The van der Waals surface area contributed by atoms with Gasteiger partial charge in [-0.2, -0.15) is 0 Å². The van der Waals surface area contributed by atoms with Gasteiger partial charge in [-0.05, 0) is 79.7 Å². The fourth-order valence-electron chi connectivity index (χ4n) is 6.60. The Balaban J connectivity index is 1.46. The fraction of sp³-hybridized carbons (Fsp3) is 0.531. The molecule has 0 bridgehead atoms. The second kappa shape index (κ2) is 11.6. The Labute approximate surface area is 236 Å². The van der Waals surface area contributed by atoms with Crippen LogP contribution in [0.5, 0.6) is 0 Å². The maximum atomic E-state index is 12.4. The van der Waals surface area contributed by atoms with Crippen LogP contribution in [0.1, 0.15) is 94.1 Å². The molecule has 2 aliphatic rings. The van der Waals surface area contributed by atoms with Crippen LogP contribution in [0.2, 0.25) is 0 Å². The summed E-state index contributed by atoms with van der Waals surface area (Å²) in [7, 11) is 0. The number of aromatic nitrogens is 2. The summed E-state index contributed by atoms with van der Waals surface area (Å²) in [5, 5.41) is 20.5. The minimum absolute atomic E-state index is 0.303. The molecular formula is C32H42N4O4. The number of carbonyl (C=O) groups excluding carboxylic acids is 1. The number of aliphatic hydroxyl groups excluding tert-OH is 1. The number of fused-ring (bicyclic) bond motifs is 1. The van der Waals surface area contributed by atoms with Gasteiger partial charge in [0.1, 0.15) is 0 Å². The molecule has 3 N–H and O–H groups in total. The number of nitrogens with zero attached hydrogens (tertiary/aromatic N) is 3. The summed E-state index contributed by atoms with van der Waals surface area (Å²) in [5.74, 6) is -0.370. The average molecular weight is 547 g/mol. The number of aliphatic hydroxyl groups is 1. The number of amides is 1. The van der Waals surface area contributed by atoms with E-state index in [0.29, 0.717) is 35.5 Å². The highest BCUT2D eigenvalue weighted by atomic mass is 16.4. The minimum Gasteiger partial charge on any atom is -0.478 e. The molecule has 1 amide bonds. The van der Waals surface area contributed by atoms with Crippen molar-refractivity contribution in [3.8, 4) is 0 Å². The number of aliphatic carboxylic acids is 1. The van der Waals surface area contributed by atoms with Crippen LogP contribution in [-0.2, 0) is 11.3 Å². The summed E-state index contributed by atoms with van der Waals surface area (Å²) < 4.78 is 2.49. The predicted octanol–water partition coefficient (Wildman–Crippen LogP) is 5.90. The van der Waals surface area contributed by atoms with Crippen molar-refractivity contribution in [2.45, 2.75) is 97.0 Å². The van der Waals surface area contributed by atoms with Crippen LogP contribution >= 0.6 is 0 Å². The number of anilines is 1. The maximum Gasteiger partial charge on any atom is 0.353 e. The molecule has 0 saturated heterocycles. The molecule has 2 aromatic carbocycles. The van der Waals surface area contributed by atoms with Crippen molar-refractivity contribution in [2.24, 2.45) is 11.3 Å². The number of imidazole rings is 1. The number of carboxylic acid groups (broad SMARTS) is 1. The molecule has 0 spiro atoms. The van der Waals surface area contributed by atoms with E-state index in [2.05, 4.69) is 59.8 Å². The second-order valence-corrected chi connectivity index (χ2v) is 12.6. The van der Waals surface area contributed by atoms with Gasteiger partial charge in [0, 0.05) is 24.2 Å². The van der Waals surface area contributed by atoms with E-state index in [1.165, 1.54) is 44.0 Å². The van der Waals surface area contributed by atoms with Gasteiger partial charge < -0.3 is 25.0 Å². The molecule has 3 aromatic rings. The van der Waals surface area contributed by atoms with Crippen LogP contribution in [0.25, 0.3) is 11.0 Å². The Morgan fingerprint density at radius 3 is 2.27 bits per heavy atom. The van der Waals surface area contributed by atoms with Gasteiger partial charge in [-0.3, -0.25) is 4.79 Å². The first-order valence-electron chi connectivity index (χ1n) is 14.7. The van der Waals surface area contributed by atoms with Gasteiger partial charge in [0.05, 0.1) is 11.0 Å². The van der Waals surface area contributed by atoms with Crippen LogP contribution in [0.3, 0.4) is 0 Å². The standard InChI is InChI=1S/C32H42N4O4/c1-32(2,3)23-16-18-24(19-17-23)35(20-21-12-14-22(15-13-21)28(37)34-29(38)30(39)40)31-33-26-10-6-7-11-27(26)36(31)25-8-4-5-9-25/h6-7,10-15,23-25,29,38H,4-5,8-9,16-20H2,1-3H3,(H,34,37)(H,39,40). The van der Waals surface area contributed by atoms with Crippen molar-refractivity contribution in [1.29, 1.82) is 0 Å². The molecule has 1 heterocycles. The third-order valence-corrected chi connectivity index (χ3v) is 8.96. The van der Waals surface area contributed by atoms with E-state index >= 15 is 0 Å². The monoisotopic (exact) mass is 546 g/mol. The first-order valence-corrected chi connectivity index (χ1v) is 14.7. The van der Waals surface area contributed by atoms with E-state index in [9.17, 15) is 14.7 Å². The zero-order valence-corrected chi connectivity index (χ0v) is 23.8. The SMILES string of the molecule is CC(C)(C)C1CCC(N(Cc2ccc(C(=O)NC(O)C(=O)O)cc2)c2nc3ccccc3n2C2CCCC2)CC1. The van der Waals surface area contributed by atoms with Crippen LogP contribution in [0.15, 0.2) is 48.5 Å². The third kappa shape index (κ3) is 6.02. The van der Waals surface area contributed by atoms with Gasteiger partial charge in [-0.25, -0.2) is 9.78 Å². The normalized spacial score (nSPS) is 20.9. The van der Waals surface area contributed by atoms with Gasteiger partial charge >= 0.3 is 5.97 Å². The first kappa shape index (κ1) is 28.1. The Morgan fingerprint density at radius 1 is 1.00 bits per heavy atom. The number of benzene rings is 2. The van der Waals surface area contributed by atoms with Crippen molar-refractivity contribution in [1.82, 2.24) is 14.9 Å². The summed E-state index contributed by atoms with van der Waals surface area (Å²) in [6.45, 7) is 7.72. The summed E-state index contributed by atoms with van der Waals surface area (Å²) in [5.41, 5.74) is 3.89. The lowest BCUT2D eigenvalue weighted by Crippen LogP contribution is -2.41. The molecular weight excluding hydrogens is 504 g/mol. The summed E-state index contributed by atoms with van der Waals surface area (Å²) in [4.78, 5) is 31.1. The lowest BCUT2D eigenvalue weighted by atomic mass is 9.71. The predicted molar refractivity (Wildman–Crippen MR) is 156 cm³/mol. The fourth-order valence-corrected chi connectivity index (χ4v) is 6.60. The Morgan fingerprint density at radius 2 is 1.65 bits per heavy atom. The van der Waals surface area contributed by atoms with Crippen LogP contribution in [0, 0.1) is 11.3 Å². The number of carboxylic acids is 1. The molecule has 8 nitrogen and oxygen atoms in total. The Kier molecular flexibility index (Phi) is 8.17. The molecule has 5 rings (SSSR count). The Hall–Kier alpha value is -3.39. The van der Waals surface area contributed by atoms with Gasteiger partial charge in [0.25, 0.3) is 5.91 Å². The van der Waals surface area contributed by atoms with Crippen molar-refractivity contribution in [3.05, 3.63) is 59.7 Å². The van der Waals surface area contributed by atoms with E-state index in [4.69, 9.17) is 10.1 Å². The molecule has 8 heteroatoms. The van der Waals surface area contributed by atoms with Crippen LogP contribution < -0.4 is 10.2 Å². The van der Waals surface area contributed by atoms with E-state index in [1.807, 2.05) is 12.1 Å².